The maximum Gasteiger partial charge on any atom is 0.222 e. The molecule has 0 aromatic carbocycles. The first-order chi connectivity index (χ1) is 29.4. The molecule has 5 rings (SSSR count). The molecule has 0 fully saturated rings. The van der Waals surface area contributed by atoms with Gasteiger partial charge in [0.05, 0.1) is 22.8 Å². The molecule has 8 bridgehead atoms. The predicted molar refractivity (Wildman–Crippen MR) is 257 cm³/mol. The van der Waals surface area contributed by atoms with Gasteiger partial charge in [-0.1, -0.05) is 27.7 Å². The lowest BCUT2D eigenvalue weighted by Crippen LogP contribution is -2.32. The maximum absolute atomic E-state index is 13.8. The zero-order valence-corrected chi connectivity index (χ0v) is 39.6. The van der Waals surface area contributed by atoms with Crippen LogP contribution in [-0.2, 0) is 29.5 Å². The Morgan fingerprint density at radius 1 is 0.607 bits per heavy atom. The van der Waals surface area contributed by atoms with Gasteiger partial charge in [-0.05, 0) is 188 Å². The van der Waals surface area contributed by atoms with E-state index in [1.54, 1.807) is 0 Å². The largest absolute Gasteiger partial charge is 0.355 e. The summed E-state index contributed by atoms with van der Waals surface area (Å²) in [5.74, 6) is 0.379. The average molecular weight is 833 g/mol. The summed E-state index contributed by atoms with van der Waals surface area (Å²) >= 11 is 0. The van der Waals surface area contributed by atoms with E-state index in [0.29, 0.717) is 38.8 Å². The number of H-pyrrole nitrogens is 1. The minimum Gasteiger partial charge on any atom is -0.355 e. The van der Waals surface area contributed by atoms with Gasteiger partial charge in [-0.15, -0.1) is 0 Å². The lowest BCUT2D eigenvalue weighted by molar-refractivity contribution is -0.131. The van der Waals surface area contributed by atoms with Crippen molar-refractivity contribution in [2.24, 2.45) is 7.05 Å². The monoisotopic (exact) mass is 833 g/mol. The van der Waals surface area contributed by atoms with Crippen LogP contribution >= 0.6 is 0 Å². The number of nitrogens with one attached hydrogen (secondary N) is 3. The van der Waals surface area contributed by atoms with Crippen LogP contribution < -0.4 is 10.6 Å². The summed E-state index contributed by atoms with van der Waals surface area (Å²) in [7, 11) is 2.13. The molecule has 61 heavy (non-hydrogen) atoms. The first kappa shape index (κ1) is 47.5. The Kier molecular flexibility index (Phi) is 17.5. The molecule has 332 valence electrons. The first-order valence-electron chi connectivity index (χ1n) is 23.5. The molecule has 0 radical (unpaired) electrons. The van der Waals surface area contributed by atoms with Gasteiger partial charge < -0.3 is 30.0 Å². The number of hydrogen-bond acceptors (Lipinski definition) is 6. The topological polar surface area (TPSA) is 111 Å². The quantitative estimate of drug-likeness (QED) is 0.0870. The van der Waals surface area contributed by atoms with Crippen molar-refractivity contribution in [3.05, 3.63) is 69.3 Å². The Labute approximate surface area is 366 Å². The van der Waals surface area contributed by atoms with Crippen LogP contribution in [0.5, 0.6) is 0 Å². The van der Waals surface area contributed by atoms with Gasteiger partial charge in [0, 0.05) is 68.1 Å². The molecule has 0 spiro atoms. The molecule has 3 aromatic rings. The average Bonchev–Trinajstić information content (AvgIpc) is 3.89. The number of allylic oxidation sites excluding steroid dienone is 4. The van der Waals surface area contributed by atoms with Crippen molar-refractivity contribution in [1.29, 1.82) is 0 Å². The smallest absolute Gasteiger partial charge is 0.222 e. The third-order valence-corrected chi connectivity index (χ3v) is 13.1. The van der Waals surface area contributed by atoms with E-state index in [4.69, 9.17) is 9.97 Å². The summed E-state index contributed by atoms with van der Waals surface area (Å²) in [5.41, 5.74) is 17.5. The fourth-order valence-corrected chi connectivity index (χ4v) is 9.26. The van der Waals surface area contributed by atoms with E-state index in [9.17, 15) is 9.59 Å². The van der Waals surface area contributed by atoms with Crippen molar-refractivity contribution >= 4 is 56.2 Å². The van der Waals surface area contributed by atoms with E-state index in [-0.39, 0.29) is 11.8 Å². The van der Waals surface area contributed by atoms with Gasteiger partial charge in [0.1, 0.15) is 0 Å². The highest BCUT2D eigenvalue weighted by atomic mass is 16.2. The Morgan fingerprint density at radius 2 is 1.13 bits per heavy atom. The molecule has 2 aliphatic heterocycles. The number of unbranched alkanes of at least 4 members (excludes halogenated alkanes) is 2. The van der Waals surface area contributed by atoms with Crippen LogP contribution in [-0.4, -0.2) is 93.5 Å². The summed E-state index contributed by atoms with van der Waals surface area (Å²) in [5, 5.41) is 6.80. The number of amides is 2. The van der Waals surface area contributed by atoms with Crippen molar-refractivity contribution in [2.45, 2.75) is 133 Å². The van der Waals surface area contributed by atoms with E-state index in [0.717, 1.165) is 145 Å². The summed E-state index contributed by atoms with van der Waals surface area (Å²) < 4.78 is 2.27. The van der Waals surface area contributed by atoms with E-state index >= 15 is 0 Å². The molecule has 0 aliphatic carbocycles. The van der Waals surface area contributed by atoms with Gasteiger partial charge >= 0.3 is 0 Å². The number of aromatic nitrogens is 4. The molecule has 3 N–H and O–H groups in total. The molecule has 10 nitrogen and oxygen atoms in total. The van der Waals surface area contributed by atoms with Crippen LogP contribution in [0.15, 0.2) is 24.3 Å². The van der Waals surface area contributed by atoms with Crippen LogP contribution in [0.3, 0.4) is 0 Å². The lowest BCUT2D eigenvalue weighted by atomic mass is 9.99. The number of rotatable bonds is 22. The molecule has 0 saturated carbocycles. The number of carbonyl (C=O) groups is 2. The zero-order chi connectivity index (χ0) is 44.2. The molecule has 0 saturated heterocycles. The van der Waals surface area contributed by atoms with Crippen molar-refractivity contribution in [3.63, 3.8) is 0 Å². The molecule has 3 aromatic heterocycles. The van der Waals surface area contributed by atoms with Gasteiger partial charge in [0.25, 0.3) is 0 Å². The third kappa shape index (κ3) is 11.1. The van der Waals surface area contributed by atoms with Crippen LogP contribution in [0.25, 0.3) is 44.4 Å². The van der Waals surface area contributed by atoms with Crippen molar-refractivity contribution in [2.75, 3.05) is 52.4 Å². The number of fused-ring (bicyclic) bond motifs is 8. The minimum absolute atomic E-state index is 0.186. The van der Waals surface area contributed by atoms with Crippen LogP contribution in [0.4, 0.5) is 0 Å². The predicted octanol–water partition coefficient (Wildman–Crippen LogP) is 9.97. The molecule has 2 aliphatic rings. The highest BCUT2D eigenvalue weighted by Gasteiger charge is 2.23. The Morgan fingerprint density at radius 3 is 1.67 bits per heavy atom. The molecule has 0 unspecified atom stereocenters. The Hall–Kier alpha value is -4.54. The summed E-state index contributed by atoms with van der Waals surface area (Å²) in [6, 6.07) is 8.90. The number of aryl methyl sites for hydroxylation is 5. The lowest BCUT2D eigenvalue weighted by Gasteiger charge is -2.21. The highest BCUT2D eigenvalue weighted by molar-refractivity contribution is 5.96. The molecule has 0 atom stereocenters. The van der Waals surface area contributed by atoms with Crippen LogP contribution in [0.2, 0.25) is 0 Å². The number of hydrogen-bond donors (Lipinski definition) is 3. The molecule has 10 heteroatoms. The normalized spacial score (nSPS) is 12.8. The highest BCUT2D eigenvalue weighted by Crippen LogP contribution is 2.37. The van der Waals surface area contributed by atoms with E-state index in [2.05, 4.69) is 121 Å². The minimum atomic E-state index is 0.186. The zero-order valence-electron chi connectivity index (χ0n) is 39.6. The Balaban J connectivity index is 1.67. The first-order valence-corrected chi connectivity index (χ1v) is 23.5. The molecular weight excluding hydrogens is 757 g/mol. The molecule has 2 amide bonds. The third-order valence-electron chi connectivity index (χ3n) is 13.1. The van der Waals surface area contributed by atoms with Crippen LogP contribution in [0, 0.1) is 13.8 Å². The SMILES string of the molecule is CCNCCCCN(CC)C(=O)CCC1=C(C)c2cc3[nH]c(cc4nc(cc5c(C)c(CCC(=O)N(CC)CCCCNCC)c(cc1n2)n5C)C(CC)=C4C)c(CC)c3C. The van der Waals surface area contributed by atoms with E-state index in [1.165, 1.54) is 22.3 Å². The fourth-order valence-electron chi connectivity index (χ4n) is 9.26. The van der Waals surface area contributed by atoms with Crippen molar-refractivity contribution in [3.8, 4) is 0 Å². The van der Waals surface area contributed by atoms with E-state index < -0.39 is 0 Å². The van der Waals surface area contributed by atoms with E-state index in [1.807, 2.05) is 9.80 Å². The van der Waals surface area contributed by atoms with Crippen molar-refractivity contribution in [1.82, 2.24) is 40.0 Å². The van der Waals surface area contributed by atoms with Gasteiger partial charge in [-0.2, -0.15) is 0 Å². The number of nitrogens with zero attached hydrogens (tertiary/aromatic N) is 5. The second-order valence-corrected chi connectivity index (χ2v) is 16.8. The second-order valence-electron chi connectivity index (χ2n) is 16.8. The molecular formula is C51H76N8O2. The summed E-state index contributed by atoms with van der Waals surface area (Å²) in [6.45, 7) is 28.4. The standard InChI is InChI=1S/C51H76N8O2/c1-12-38-34(7)42-30-43-36(9)40(22-24-50(60)58(16-5)28-20-18-26-52-14-3)47(56-43)33-49-41(23-25-51(61)59(17-6)29-21-19-27-53-15-4)37(10)48(57(49)11)32-46-39(13-2)35(8)44(55-46)31-45(38)54-42/h30-33,52-54H,12-29H2,1-11H3. The number of carbonyl (C=O) groups excluding carboxylic acids is 2. The van der Waals surface area contributed by atoms with Crippen molar-refractivity contribution < 1.29 is 9.59 Å². The van der Waals surface area contributed by atoms with Gasteiger partial charge in [-0.3, -0.25) is 9.59 Å². The van der Waals surface area contributed by atoms with Gasteiger partial charge in [-0.25, -0.2) is 9.97 Å². The van der Waals surface area contributed by atoms with Gasteiger partial charge in [0.2, 0.25) is 11.8 Å². The summed E-state index contributed by atoms with van der Waals surface area (Å²) in [6.07, 6.45) is 7.93. The molecule has 5 heterocycles. The summed E-state index contributed by atoms with van der Waals surface area (Å²) in [4.78, 5) is 46.1. The van der Waals surface area contributed by atoms with Gasteiger partial charge in [0.15, 0.2) is 0 Å². The second kappa shape index (κ2) is 22.5. The maximum atomic E-state index is 13.8. The fraction of sp³-hybridized carbons (Fsp3) is 0.569. The number of aromatic amines is 1. The Bertz CT molecular complexity index is 2260. The van der Waals surface area contributed by atoms with Crippen LogP contribution in [0.1, 0.15) is 152 Å².